The van der Waals surface area contributed by atoms with Gasteiger partial charge in [0, 0.05) is 12.5 Å². The molecule has 2 nitrogen and oxygen atoms in total. The smallest absolute Gasteiger partial charge is 0.123 e. The number of benzene rings is 1. The van der Waals surface area contributed by atoms with Crippen LogP contribution in [0.15, 0.2) is 24.3 Å². The van der Waals surface area contributed by atoms with E-state index in [0.29, 0.717) is 0 Å². The van der Waals surface area contributed by atoms with Gasteiger partial charge in [0.15, 0.2) is 0 Å². The lowest BCUT2D eigenvalue weighted by Crippen LogP contribution is -2.37. The second-order valence-electron chi connectivity index (χ2n) is 3.92. The summed E-state index contributed by atoms with van der Waals surface area (Å²) in [4.78, 5) is 0. The first-order valence-corrected chi connectivity index (χ1v) is 5.31. The van der Waals surface area contributed by atoms with E-state index in [-0.39, 0.29) is 12.1 Å². The second-order valence-corrected chi connectivity index (χ2v) is 3.92. The molecule has 0 saturated heterocycles. The van der Waals surface area contributed by atoms with E-state index in [1.807, 2.05) is 12.1 Å². The highest BCUT2D eigenvalue weighted by atomic mass is 16.5. The van der Waals surface area contributed by atoms with E-state index in [0.717, 1.165) is 25.0 Å². The van der Waals surface area contributed by atoms with Gasteiger partial charge in [-0.1, -0.05) is 31.5 Å². The maximum absolute atomic E-state index is 6.04. The Balaban J connectivity index is 2.04. The third kappa shape index (κ3) is 1.75. The minimum atomic E-state index is 0.174. The van der Waals surface area contributed by atoms with Crippen molar-refractivity contribution in [1.82, 2.24) is 0 Å². The van der Waals surface area contributed by atoms with Gasteiger partial charge < -0.3 is 10.5 Å². The third-order valence-corrected chi connectivity index (χ3v) is 2.77. The van der Waals surface area contributed by atoms with Gasteiger partial charge in [-0.3, -0.25) is 0 Å². The molecule has 2 rings (SSSR count). The zero-order valence-electron chi connectivity index (χ0n) is 8.57. The molecule has 0 spiro atoms. The van der Waals surface area contributed by atoms with Crippen LogP contribution in [0.2, 0.25) is 0 Å². The van der Waals surface area contributed by atoms with Crippen LogP contribution in [0.3, 0.4) is 0 Å². The summed E-state index contributed by atoms with van der Waals surface area (Å²) in [5.74, 6) is 1.02. The van der Waals surface area contributed by atoms with Crippen molar-refractivity contribution in [3.05, 3.63) is 29.8 Å². The number of fused-ring (bicyclic) bond motifs is 1. The Morgan fingerprint density at radius 3 is 3.00 bits per heavy atom. The predicted molar refractivity (Wildman–Crippen MR) is 57.4 cm³/mol. The molecule has 1 aliphatic heterocycles. The molecular weight excluding hydrogens is 174 g/mol. The van der Waals surface area contributed by atoms with Crippen LogP contribution in [0, 0.1) is 0 Å². The fraction of sp³-hybridized carbons (Fsp3) is 0.500. The standard InChI is InChI=1S/C12H17NO/c1-2-5-10(13)12-8-9-6-3-4-7-11(9)14-12/h3-4,6-7,10,12H,2,5,8,13H2,1H3. The molecule has 0 aromatic heterocycles. The Kier molecular flexibility index (Phi) is 2.73. The van der Waals surface area contributed by atoms with E-state index in [1.54, 1.807) is 0 Å². The molecule has 76 valence electrons. The van der Waals surface area contributed by atoms with Crippen molar-refractivity contribution >= 4 is 0 Å². The van der Waals surface area contributed by atoms with Crippen molar-refractivity contribution in [3.8, 4) is 5.75 Å². The number of ether oxygens (including phenoxy) is 1. The topological polar surface area (TPSA) is 35.2 Å². The first-order valence-electron chi connectivity index (χ1n) is 5.31. The minimum absolute atomic E-state index is 0.174. The number of para-hydroxylation sites is 1. The van der Waals surface area contributed by atoms with Crippen LogP contribution in [-0.2, 0) is 6.42 Å². The van der Waals surface area contributed by atoms with Gasteiger partial charge >= 0.3 is 0 Å². The van der Waals surface area contributed by atoms with Crippen molar-refractivity contribution in [2.24, 2.45) is 5.73 Å². The lowest BCUT2D eigenvalue weighted by Gasteiger charge is -2.18. The molecular formula is C12H17NO. The quantitative estimate of drug-likeness (QED) is 0.794. The highest BCUT2D eigenvalue weighted by Crippen LogP contribution is 2.29. The molecule has 1 heterocycles. The van der Waals surface area contributed by atoms with Crippen LogP contribution in [-0.4, -0.2) is 12.1 Å². The fourth-order valence-electron chi connectivity index (χ4n) is 1.97. The summed E-state index contributed by atoms with van der Waals surface area (Å²) in [5.41, 5.74) is 7.34. The normalized spacial score (nSPS) is 21.4. The summed E-state index contributed by atoms with van der Waals surface area (Å²) < 4.78 is 5.80. The van der Waals surface area contributed by atoms with Gasteiger partial charge in [-0.05, 0) is 18.1 Å². The summed E-state index contributed by atoms with van der Waals surface area (Å²) in [5, 5.41) is 0. The highest BCUT2D eigenvalue weighted by Gasteiger charge is 2.26. The molecule has 14 heavy (non-hydrogen) atoms. The van der Waals surface area contributed by atoms with Crippen LogP contribution >= 0.6 is 0 Å². The Labute approximate surface area is 85.1 Å². The zero-order valence-corrected chi connectivity index (χ0v) is 8.57. The summed E-state index contributed by atoms with van der Waals surface area (Å²) >= 11 is 0. The molecule has 2 atom stereocenters. The van der Waals surface area contributed by atoms with Crippen molar-refractivity contribution in [3.63, 3.8) is 0 Å². The van der Waals surface area contributed by atoms with Crippen LogP contribution < -0.4 is 10.5 Å². The first kappa shape index (κ1) is 9.53. The Bertz CT molecular complexity index is 286. The average Bonchev–Trinajstić information content (AvgIpc) is 2.61. The van der Waals surface area contributed by atoms with Gasteiger partial charge in [-0.2, -0.15) is 0 Å². The van der Waals surface area contributed by atoms with E-state index >= 15 is 0 Å². The lowest BCUT2D eigenvalue weighted by atomic mass is 10.0. The number of nitrogens with two attached hydrogens (primary N) is 1. The molecule has 1 aliphatic rings. The molecule has 0 saturated carbocycles. The van der Waals surface area contributed by atoms with E-state index in [9.17, 15) is 0 Å². The first-order chi connectivity index (χ1) is 6.81. The Morgan fingerprint density at radius 2 is 2.29 bits per heavy atom. The van der Waals surface area contributed by atoms with E-state index in [2.05, 4.69) is 19.1 Å². The van der Waals surface area contributed by atoms with Crippen LogP contribution in [0.4, 0.5) is 0 Å². The summed E-state index contributed by atoms with van der Waals surface area (Å²) in [7, 11) is 0. The Hall–Kier alpha value is -1.02. The molecule has 0 radical (unpaired) electrons. The minimum Gasteiger partial charge on any atom is -0.488 e. The lowest BCUT2D eigenvalue weighted by molar-refractivity contribution is 0.193. The van der Waals surface area contributed by atoms with Gasteiger partial charge in [0.2, 0.25) is 0 Å². The SMILES string of the molecule is CCCC(N)C1Cc2ccccc2O1. The molecule has 0 fully saturated rings. The van der Waals surface area contributed by atoms with E-state index in [4.69, 9.17) is 10.5 Å². The van der Waals surface area contributed by atoms with Crippen molar-refractivity contribution in [2.75, 3.05) is 0 Å². The zero-order chi connectivity index (χ0) is 9.97. The van der Waals surface area contributed by atoms with Crippen LogP contribution in [0.1, 0.15) is 25.3 Å². The third-order valence-electron chi connectivity index (χ3n) is 2.77. The monoisotopic (exact) mass is 191 g/mol. The van der Waals surface area contributed by atoms with Gasteiger partial charge in [-0.25, -0.2) is 0 Å². The fourth-order valence-corrected chi connectivity index (χ4v) is 1.97. The summed E-state index contributed by atoms with van der Waals surface area (Å²) in [6.45, 7) is 2.15. The Morgan fingerprint density at radius 1 is 1.50 bits per heavy atom. The highest BCUT2D eigenvalue weighted by molar-refractivity contribution is 5.37. The molecule has 0 bridgehead atoms. The number of rotatable bonds is 3. The molecule has 1 aromatic carbocycles. The number of hydrogen-bond acceptors (Lipinski definition) is 2. The molecule has 2 unspecified atom stereocenters. The molecule has 1 aromatic rings. The summed E-state index contributed by atoms with van der Waals surface area (Å²) in [6.07, 6.45) is 3.32. The van der Waals surface area contributed by atoms with E-state index in [1.165, 1.54) is 5.56 Å². The van der Waals surface area contributed by atoms with Crippen molar-refractivity contribution < 1.29 is 4.74 Å². The maximum Gasteiger partial charge on any atom is 0.123 e. The number of hydrogen-bond donors (Lipinski definition) is 1. The maximum atomic E-state index is 6.04. The molecule has 2 N–H and O–H groups in total. The van der Waals surface area contributed by atoms with E-state index < -0.39 is 0 Å². The predicted octanol–water partition coefficient (Wildman–Crippen LogP) is 2.12. The van der Waals surface area contributed by atoms with Crippen LogP contribution in [0.5, 0.6) is 5.75 Å². The molecule has 0 aliphatic carbocycles. The average molecular weight is 191 g/mol. The van der Waals surface area contributed by atoms with Gasteiger partial charge in [0.05, 0.1) is 0 Å². The molecule has 2 heteroatoms. The van der Waals surface area contributed by atoms with Crippen molar-refractivity contribution in [1.29, 1.82) is 0 Å². The van der Waals surface area contributed by atoms with Gasteiger partial charge in [0.25, 0.3) is 0 Å². The van der Waals surface area contributed by atoms with Gasteiger partial charge in [-0.15, -0.1) is 0 Å². The van der Waals surface area contributed by atoms with Crippen LogP contribution in [0.25, 0.3) is 0 Å². The molecule has 0 amide bonds. The van der Waals surface area contributed by atoms with Gasteiger partial charge in [0.1, 0.15) is 11.9 Å². The summed E-state index contributed by atoms with van der Waals surface area (Å²) in [6, 6.07) is 8.37. The second kappa shape index (κ2) is 4.01. The largest absolute Gasteiger partial charge is 0.488 e. The van der Waals surface area contributed by atoms with Crippen molar-refractivity contribution in [2.45, 2.75) is 38.3 Å².